The summed E-state index contributed by atoms with van der Waals surface area (Å²) in [7, 11) is 0. The smallest absolute Gasteiger partial charge is 0.237 e. The van der Waals surface area contributed by atoms with Crippen LogP contribution in [0.15, 0.2) is 18.2 Å². The van der Waals surface area contributed by atoms with Crippen molar-refractivity contribution >= 4 is 29.1 Å². The number of amides is 1. The zero-order valence-electron chi connectivity index (χ0n) is 9.23. The van der Waals surface area contributed by atoms with Crippen LogP contribution in [-0.2, 0) is 4.79 Å². The van der Waals surface area contributed by atoms with E-state index in [-0.39, 0.29) is 23.7 Å². The third-order valence-electron chi connectivity index (χ3n) is 2.94. The lowest BCUT2D eigenvalue weighted by molar-refractivity contribution is -0.529. The summed E-state index contributed by atoms with van der Waals surface area (Å²) in [5.41, 5.74) is 0.524. The molecule has 1 heterocycles. The lowest BCUT2D eigenvalue weighted by Crippen LogP contribution is -2.45. The second-order valence-corrected chi connectivity index (χ2v) is 4.95. The highest BCUT2D eigenvalue weighted by Gasteiger charge is 2.38. The summed E-state index contributed by atoms with van der Waals surface area (Å²) in [6, 6.07) is 3.15. The molecule has 1 aliphatic rings. The molecule has 2 atom stereocenters. The number of carbonyl (C=O) groups excluding carboxylic acids is 1. The topological polar surface area (TPSA) is 72.2 Å². The van der Waals surface area contributed by atoms with E-state index >= 15 is 0 Å². The van der Waals surface area contributed by atoms with Crippen molar-refractivity contribution in [3.05, 3.63) is 43.9 Å². The molecule has 1 aromatic rings. The lowest BCUT2D eigenvalue weighted by Gasteiger charge is -2.27. The monoisotopic (exact) mass is 288 g/mol. The fraction of sp³-hybridized carbons (Fsp3) is 0.364. The molecule has 0 aliphatic carbocycles. The molecule has 0 spiro atoms. The molecule has 0 saturated carbocycles. The predicted octanol–water partition coefficient (Wildman–Crippen LogP) is 2.59. The van der Waals surface area contributed by atoms with Crippen LogP contribution < -0.4 is 5.32 Å². The highest BCUT2D eigenvalue weighted by molar-refractivity contribution is 6.35. The maximum atomic E-state index is 11.4. The first kappa shape index (κ1) is 13.1. The molecule has 0 unspecified atom stereocenters. The van der Waals surface area contributed by atoms with E-state index in [9.17, 15) is 14.9 Å². The minimum absolute atomic E-state index is 0.160. The summed E-state index contributed by atoms with van der Waals surface area (Å²) < 4.78 is 0. The number of rotatable bonds is 2. The molecule has 0 radical (unpaired) electrons. The Morgan fingerprint density at radius 3 is 2.72 bits per heavy atom. The van der Waals surface area contributed by atoms with Gasteiger partial charge in [-0.15, -0.1) is 0 Å². The number of hydrogen-bond donors (Lipinski definition) is 1. The van der Waals surface area contributed by atoms with Crippen LogP contribution in [0.25, 0.3) is 0 Å². The number of benzene rings is 1. The molecule has 0 aromatic heterocycles. The predicted molar refractivity (Wildman–Crippen MR) is 67.4 cm³/mol. The first-order chi connectivity index (χ1) is 8.49. The van der Waals surface area contributed by atoms with Crippen molar-refractivity contribution in [2.45, 2.75) is 24.9 Å². The van der Waals surface area contributed by atoms with E-state index in [1.165, 1.54) is 6.07 Å². The molecular weight excluding hydrogens is 279 g/mol. The van der Waals surface area contributed by atoms with Gasteiger partial charge in [-0.3, -0.25) is 14.9 Å². The third kappa shape index (κ3) is 2.57. The van der Waals surface area contributed by atoms with E-state index in [1.807, 2.05) is 0 Å². The molecule has 1 amide bonds. The Hall–Kier alpha value is -1.33. The number of piperidine rings is 1. The fourth-order valence-corrected chi connectivity index (χ4v) is 2.58. The van der Waals surface area contributed by atoms with Crippen LogP contribution in [0.5, 0.6) is 0 Å². The van der Waals surface area contributed by atoms with Gasteiger partial charge in [-0.2, -0.15) is 0 Å². The fourth-order valence-electron chi connectivity index (χ4n) is 2.05. The Morgan fingerprint density at radius 2 is 2.11 bits per heavy atom. The van der Waals surface area contributed by atoms with Gasteiger partial charge in [-0.25, -0.2) is 0 Å². The Morgan fingerprint density at radius 1 is 1.39 bits per heavy atom. The summed E-state index contributed by atoms with van der Waals surface area (Å²) in [4.78, 5) is 22.0. The lowest BCUT2D eigenvalue weighted by atomic mass is 9.92. The Bertz CT molecular complexity index is 507. The van der Waals surface area contributed by atoms with Crippen molar-refractivity contribution in [2.24, 2.45) is 0 Å². The first-order valence-electron chi connectivity index (χ1n) is 5.37. The van der Waals surface area contributed by atoms with Crippen LogP contribution in [-0.4, -0.2) is 16.9 Å². The summed E-state index contributed by atoms with van der Waals surface area (Å²) >= 11 is 11.8. The average Bonchev–Trinajstić information content (AvgIpc) is 2.28. The molecule has 96 valence electrons. The van der Waals surface area contributed by atoms with Crippen LogP contribution >= 0.6 is 23.2 Å². The maximum Gasteiger partial charge on any atom is 0.237 e. The van der Waals surface area contributed by atoms with Gasteiger partial charge >= 0.3 is 0 Å². The van der Waals surface area contributed by atoms with Crippen LogP contribution in [0.4, 0.5) is 0 Å². The van der Waals surface area contributed by atoms with Crippen molar-refractivity contribution in [1.82, 2.24) is 5.32 Å². The molecule has 1 N–H and O–H groups in total. The van der Waals surface area contributed by atoms with E-state index in [1.54, 1.807) is 12.1 Å². The Kier molecular flexibility index (Phi) is 3.73. The SMILES string of the molecule is O=C1CC[C@H]([N+](=O)[O-])[C@@H](c2ccc(Cl)cc2Cl)N1. The van der Waals surface area contributed by atoms with E-state index in [4.69, 9.17) is 23.2 Å². The Labute approximate surface area is 113 Å². The number of hydrogen-bond acceptors (Lipinski definition) is 3. The van der Waals surface area contributed by atoms with Crippen molar-refractivity contribution in [1.29, 1.82) is 0 Å². The number of carbonyl (C=O) groups is 1. The summed E-state index contributed by atoms with van der Waals surface area (Å²) in [5.74, 6) is -0.205. The van der Waals surface area contributed by atoms with Crippen LogP contribution in [0.2, 0.25) is 10.0 Å². The van der Waals surface area contributed by atoms with Crippen molar-refractivity contribution in [2.75, 3.05) is 0 Å². The quantitative estimate of drug-likeness (QED) is 0.671. The van der Waals surface area contributed by atoms with Gasteiger partial charge in [0.15, 0.2) is 0 Å². The maximum absolute atomic E-state index is 11.4. The molecule has 1 aromatic carbocycles. The molecule has 1 saturated heterocycles. The van der Waals surface area contributed by atoms with Crippen molar-refractivity contribution < 1.29 is 9.72 Å². The van der Waals surface area contributed by atoms with Gasteiger partial charge in [-0.05, 0) is 17.7 Å². The number of nitrogens with zero attached hydrogens (tertiary/aromatic N) is 1. The second-order valence-electron chi connectivity index (χ2n) is 4.10. The molecular formula is C11H10Cl2N2O3. The van der Waals surface area contributed by atoms with Crippen molar-refractivity contribution in [3.63, 3.8) is 0 Å². The van der Waals surface area contributed by atoms with Gasteiger partial charge < -0.3 is 5.32 Å². The highest BCUT2D eigenvalue weighted by Crippen LogP contribution is 2.32. The Balaban J connectivity index is 2.38. The summed E-state index contributed by atoms with van der Waals surface area (Å²) in [6.45, 7) is 0. The number of halogens is 2. The molecule has 1 aliphatic heterocycles. The number of nitro groups is 1. The molecule has 5 nitrogen and oxygen atoms in total. The minimum Gasteiger partial charge on any atom is -0.343 e. The van der Waals surface area contributed by atoms with Gasteiger partial charge in [0.1, 0.15) is 6.04 Å². The first-order valence-corrected chi connectivity index (χ1v) is 6.12. The van der Waals surface area contributed by atoms with Crippen molar-refractivity contribution in [3.8, 4) is 0 Å². The van der Waals surface area contributed by atoms with Crippen LogP contribution in [0, 0.1) is 10.1 Å². The standard InChI is InChI=1S/C11H10Cl2N2O3/c12-6-1-2-7(8(13)5-6)11-9(15(17)18)3-4-10(16)14-11/h1-2,5,9,11H,3-4H2,(H,14,16)/t9-,11+/m0/s1. The van der Waals surface area contributed by atoms with E-state index in [2.05, 4.69) is 5.32 Å². The van der Waals surface area contributed by atoms with Gasteiger partial charge in [0.25, 0.3) is 0 Å². The molecule has 18 heavy (non-hydrogen) atoms. The van der Waals surface area contributed by atoms with Crippen LogP contribution in [0.3, 0.4) is 0 Å². The van der Waals surface area contributed by atoms with Gasteiger partial charge in [-0.1, -0.05) is 29.3 Å². The summed E-state index contributed by atoms with van der Waals surface area (Å²) in [5, 5.41) is 14.4. The van der Waals surface area contributed by atoms with Gasteiger partial charge in [0.05, 0.1) is 0 Å². The van der Waals surface area contributed by atoms with Gasteiger partial charge in [0.2, 0.25) is 11.9 Å². The highest BCUT2D eigenvalue weighted by atomic mass is 35.5. The van der Waals surface area contributed by atoms with E-state index in [0.29, 0.717) is 15.6 Å². The second kappa shape index (κ2) is 5.12. The van der Waals surface area contributed by atoms with Crippen LogP contribution in [0.1, 0.15) is 24.4 Å². The zero-order chi connectivity index (χ0) is 13.3. The minimum atomic E-state index is -0.860. The van der Waals surface area contributed by atoms with Gasteiger partial charge in [0, 0.05) is 27.8 Å². The molecule has 2 rings (SSSR count). The number of nitrogens with one attached hydrogen (secondary N) is 1. The van der Waals surface area contributed by atoms with E-state index in [0.717, 1.165) is 0 Å². The third-order valence-corrected chi connectivity index (χ3v) is 3.50. The molecule has 0 bridgehead atoms. The molecule has 1 fully saturated rings. The largest absolute Gasteiger partial charge is 0.343 e. The summed E-state index contributed by atoms with van der Waals surface area (Å²) in [6.07, 6.45) is 0.371. The van der Waals surface area contributed by atoms with E-state index < -0.39 is 12.1 Å². The molecule has 7 heteroatoms. The zero-order valence-corrected chi connectivity index (χ0v) is 10.7. The normalized spacial score (nSPS) is 23.6. The average molecular weight is 289 g/mol.